The van der Waals surface area contributed by atoms with Crippen LogP contribution in [0.1, 0.15) is 30.5 Å². The molecule has 1 heterocycles. The number of benzene rings is 1. The molecule has 2 nitrogen and oxygen atoms in total. The molecule has 112 valence electrons. The van der Waals surface area contributed by atoms with E-state index in [1.54, 1.807) is 0 Å². The van der Waals surface area contributed by atoms with E-state index < -0.39 is 0 Å². The highest BCUT2D eigenvalue weighted by Gasteiger charge is 2.58. The molecule has 0 N–H and O–H groups in total. The molecule has 2 heteroatoms. The molecule has 0 radical (unpaired) electrons. The molecule has 0 saturated carbocycles. The SMILES string of the molecule is Cc1ccc2c3c1O[C@H]1[C@@H](C)C=CC([C@H](N(C)C)C2)[C@@]31C. The maximum atomic E-state index is 6.51. The van der Waals surface area contributed by atoms with Gasteiger partial charge in [-0.2, -0.15) is 0 Å². The van der Waals surface area contributed by atoms with E-state index in [2.05, 4.69) is 64.1 Å². The second-order valence-corrected chi connectivity index (χ2v) is 7.57. The van der Waals surface area contributed by atoms with Crippen LogP contribution in [-0.2, 0) is 11.8 Å². The van der Waals surface area contributed by atoms with E-state index in [0.29, 0.717) is 17.9 Å². The molecule has 3 aliphatic rings. The molecule has 0 fully saturated rings. The summed E-state index contributed by atoms with van der Waals surface area (Å²) in [4.78, 5) is 2.40. The van der Waals surface area contributed by atoms with Crippen LogP contribution >= 0.6 is 0 Å². The van der Waals surface area contributed by atoms with Crippen LogP contribution in [0.25, 0.3) is 0 Å². The maximum absolute atomic E-state index is 6.51. The first-order chi connectivity index (χ1) is 9.94. The van der Waals surface area contributed by atoms with Crippen molar-refractivity contribution in [1.82, 2.24) is 4.90 Å². The fourth-order valence-corrected chi connectivity index (χ4v) is 5.02. The van der Waals surface area contributed by atoms with E-state index in [4.69, 9.17) is 4.74 Å². The highest BCUT2D eigenvalue weighted by atomic mass is 16.5. The van der Waals surface area contributed by atoms with E-state index in [1.807, 2.05) is 0 Å². The van der Waals surface area contributed by atoms with E-state index in [0.717, 1.165) is 6.42 Å². The Hall–Kier alpha value is -1.28. The zero-order chi connectivity index (χ0) is 14.9. The van der Waals surface area contributed by atoms with E-state index in [9.17, 15) is 0 Å². The van der Waals surface area contributed by atoms with Crippen molar-refractivity contribution in [3.05, 3.63) is 41.0 Å². The van der Waals surface area contributed by atoms with Gasteiger partial charge in [-0.3, -0.25) is 0 Å². The molecule has 1 aromatic carbocycles. The van der Waals surface area contributed by atoms with E-state index >= 15 is 0 Å². The number of hydrogen-bond acceptors (Lipinski definition) is 2. The van der Waals surface area contributed by atoms with Crippen LogP contribution in [0, 0.1) is 18.8 Å². The number of rotatable bonds is 1. The van der Waals surface area contributed by atoms with Crippen LogP contribution in [0.3, 0.4) is 0 Å². The van der Waals surface area contributed by atoms with Crippen LogP contribution in [0.2, 0.25) is 0 Å². The minimum absolute atomic E-state index is 0.123. The molecule has 1 aliphatic heterocycles. The van der Waals surface area contributed by atoms with Crippen LogP contribution in [-0.4, -0.2) is 31.1 Å². The van der Waals surface area contributed by atoms with Crippen molar-refractivity contribution in [2.75, 3.05) is 14.1 Å². The number of ether oxygens (including phenoxy) is 1. The summed E-state index contributed by atoms with van der Waals surface area (Å²) < 4.78 is 6.51. The predicted molar refractivity (Wildman–Crippen MR) is 85.9 cm³/mol. The van der Waals surface area contributed by atoms with Crippen molar-refractivity contribution < 1.29 is 4.74 Å². The van der Waals surface area contributed by atoms with Crippen molar-refractivity contribution in [1.29, 1.82) is 0 Å². The van der Waals surface area contributed by atoms with Gasteiger partial charge in [0, 0.05) is 28.9 Å². The summed E-state index contributed by atoms with van der Waals surface area (Å²) in [5.74, 6) is 2.20. The highest BCUT2D eigenvalue weighted by molar-refractivity contribution is 5.58. The summed E-state index contributed by atoms with van der Waals surface area (Å²) in [7, 11) is 4.43. The Morgan fingerprint density at radius 2 is 2.00 bits per heavy atom. The minimum Gasteiger partial charge on any atom is -0.488 e. The van der Waals surface area contributed by atoms with Gasteiger partial charge in [0.25, 0.3) is 0 Å². The van der Waals surface area contributed by atoms with Gasteiger partial charge in [-0.25, -0.2) is 0 Å². The smallest absolute Gasteiger partial charge is 0.126 e. The van der Waals surface area contributed by atoms with Gasteiger partial charge in [-0.05, 0) is 38.6 Å². The molecular formula is C19H25NO. The fourth-order valence-electron chi connectivity index (χ4n) is 5.02. The molecule has 1 unspecified atom stereocenters. The molecule has 1 aromatic rings. The van der Waals surface area contributed by atoms with Crippen LogP contribution in [0.5, 0.6) is 5.75 Å². The second kappa shape index (κ2) is 4.13. The van der Waals surface area contributed by atoms with Gasteiger partial charge < -0.3 is 9.64 Å². The molecular weight excluding hydrogens is 258 g/mol. The Kier molecular flexibility index (Phi) is 2.63. The lowest BCUT2D eigenvalue weighted by Gasteiger charge is -2.50. The number of likely N-dealkylation sites (N-methyl/N-ethyl adjacent to an activating group) is 1. The van der Waals surface area contributed by atoms with Crippen molar-refractivity contribution >= 4 is 0 Å². The van der Waals surface area contributed by atoms with Crippen molar-refractivity contribution in [2.24, 2.45) is 11.8 Å². The molecule has 21 heavy (non-hydrogen) atoms. The van der Waals surface area contributed by atoms with Crippen LogP contribution in [0.15, 0.2) is 24.3 Å². The predicted octanol–water partition coefficient (Wildman–Crippen LogP) is 3.32. The fraction of sp³-hybridized carbons (Fsp3) is 0.579. The Morgan fingerprint density at radius 3 is 2.71 bits per heavy atom. The standard InChI is InChI=1S/C19H25NO/c1-11-6-8-13-10-15(20(4)5)14-9-7-12(2)18-19(14,3)16(13)17(11)21-18/h6-9,12,14-15,18H,10H2,1-5H3/t12-,14?,15+,18-,19-/m0/s1. The summed E-state index contributed by atoms with van der Waals surface area (Å²) in [6.07, 6.45) is 6.25. The zero-order valence-corrected chi connectivity index (χ0v) is 13.7. The van der Waals surface area contributed by atoms with Gasteiger partial charge in [0.05, 0.1) is 0 Å². The molecule has 0 amide bonds. The normalized spacial score (nSPS) is 39.3. The van der Waals surface area contributed by atoms with Gasteiger partial charge in [-0.15, -0.1) is 0 Å². The molecule has 0 spiro atoms. The van der Waals surface area contributed by atoms with Gasteiger partial charge in [-0.1, -0.05) is 38.1 Å². The lowest BCUT2D eigenvalue weighted by molar-refractivity contribution is 0.0464. The van der Waals surface area contributed by atoms with Crippen LogP contribution < -0.4 is 4.74 Å². The minimum atomic E-state index is 0.123. The quantitative estimate of drug-likeness (QED) is 0.733. The largest absolute Gasteiger partial charge is 0.488 e. The Balaban J connectivity index is 1.99. The molecule has 2 aliphatic carbocycles. The summed E-state index contributed by atoms with van der Waals surface area (Å²) in [5.41, 5.74) is 4.42. The summed E-state index contributed by atoms with van der Waals surface area (Å²) in [6, 6.07) is 5.13. The zero-order valence-electron chi connectivity index (χ0n) is 13.7. The van der Waals surface area contributed by atoms with Gasteiger partial charge in [0.2, 0.25) is 0 Å². The lowest BCUT2D eigenvalue weighted by atomic mass is 9.56. The van der Waals surface area contributed by atoms with E-state index in [1.165, 1.54) is 22.4 Å². The number of nitrogens with zero attached hydrogens (tertiary/aromatic N) is 1. The Morgan fingerprint density at radius 1 is 1.24 bits per heavy atom. The highest BCUT2D eigenvalue weighted by Crippen LogP contribution is 2.58. The second-order valence-electron chi connectivity index (χ2n) is 7.57. The summed E-state index contributed by atoms with van der Waals surface area (Å²) in [5, 5.41) is 0. The monoisotopic (exact) mass is 283 g/mol. The number of aryl methyl sites for hydroxylation is 1. The Labute approximate surface area is 127 Å². The molecule has 0 aromatic heterocycles. The summed E-state index contributed by atoms with van der Waals surface area (Å²) >= 11 is 0. The molecule has 0 bridgehead atoms. The first kappa shape index (κ1) is 13.4. The maximum Gasteiger partial charge on any atom is 0.126 e. The topological polar surface area (TPSA) is 12.5 Å². The average Bonchev–Trinajstić information content (AvgIpc) is 2.76. The van der Waals surface area contributed by atoms with Crippen molar-refractivity contribution in [3.63, 3.8) is 0 Å². The van der Waals surface area contributed by atoms with Crippen LogP contribution in [0.4, 0.5) is 0 Å². The Bertz CT molecular complexity index is 633. The molecule has 5 atom stereocenters. The van der Waals surface area contributed by atoms with Crippen molar-refractivity contribution in [2.45, 2.75) is 44.8 Å². The van der Waals surface area contributed by atoms with Gasteiger partial charge in [0.15, 0.2) is 0 Å². The number of hydrogen-bond donors (Lipinski definition) is 0. The van der Waals surface area contributed by atoms with Gasteiger partial charge >= 0.3 is 0 Å². The molecule has 4 rings (SSSR count). The van der Waals surface area contributed by atoms with Gasteiger partial charge in [0.1, 0.15) is 11.9 Å². The first-order valence-electron chi connectivity index (χ1n) is 8.09. The first-order valence-corrected chi connectivity index (χ1v) is 8.09. The third-order valence-corrected chi connectivity index (χ3v) is 6.11. The molecule has 0 saturated heterocycles. The van der Waals surface area contributed by atoms with E-state index in [-0.39, 0.29) is 11.5 Å². The lowest BCUT2D eigenvalue weighted by Crippen LogP contribution is -2.56. The van der Waals surface area contributed by atoms with Crippen molar-refractivity contribution in [3.8, 4) is 5.75 Å². The summed E-state index contributed by atoms with van der Waals surface area (Å²) in [6.45, 7) is 6.91. The third-order valence-electron chi connectivity index (χ3n) is 6.11. The average molecular weight is 283 g/mol. The third kappa shape index (κ3) is 1.52.